The molecular formula is C21H36N2O9S. The van der Waals surface area contributed by atoms with Crippen LogP contribution in [0.25, 0.3) is 0 Å². The Bertz CT molecular complexity index is 687. The maximum atomic E-state index is 12.7. The van der Waals surface area contributed by atoms with Gasteiger partial charge in [-0.2, -0.15) is 0 Å². The first-order chi connectivity index (χ1) is 15.4. The summed E-state index contributed by atoms with van der Waals surface area (Å²) in [5.41, 5.74) is -0.648. The Morgan fingerprint density at radius 1 is 1.12 bits per heavy atom. The van der Waals surface area contributed by atoms with Gasteiger partial charge in [0, 0.05) is 44.2 Å². The lowest BCUT2D eigenvalue weighted by Crippen LogP contribution is -2.59. The van der Waals surface area contributed by atoms with Crippen LogP contribution in [0, 0.1) is 5.41 Å². The summed E-state index contributed by atoms with van der Waals surface area (Å²) >= 11 is 1.03. The highest BCUT2D eigenvalue weighted by Gasteiger charge is 2.50. The van der Waals surface area contributed by atoms with E-state index in [2.05, 4.69) is 15.4 Å². The molecule has 0 bridgehead atoms. The van der Waals surface area contributed by atoms with Gasteiger partial charge in [0.1, 0.15) is 6.10 Å². The van der Waals surface area contributed by atoms with Gasteiger partial charge in [-0.15, -0.1) is 0 Å². The molecule has 33 heavy (non-hydrogen) atoms. The van der Waals surface area contributed by atoms with Crippen molar-refractivity contribution in [1.82, 2.24) is 10.6 Å². The van der Waals surface area contributed by atoms with Crippen LogP contribution in [-0.4, -0.2) is 85.9 Å². The van der Waals surface area contributed by atoms with Gasteiger partial charge < -0.3 is 34.7 Å². The molecule has 2 unspecified atom stereocenters. The molecule has 1 heterocycles. The number of esters is 1. The summed E-state index contributed by atoms with van der Waals surface area (Å²) in [6.45, 7) is 5.77. The highest BCUT2D eigenvalue weighted by atomic mass is 32.2. The lowest BCUT2D eigenvalue weighted by atomic mass is 9.85. The van der Waals surface area contributed by atoms with Crippen LogP contribution in [0.15, 0.2) is 0 Å². The van der Waals surface area contributed by atoms with Gasteiger partial charge in [0.25, 0.3) is 5.97 Å². The van der Waals surface area contributed by atoms with Gasteiger partial charge in [-0.05, 0) is 6.92 Å². The number of nitrogens with one attached hydrogen (secondary N) is 2. The zero-order chi connectivity index (χ0) is 25.1. The molecule has 0 aromatic rings. The van der Waals surface area contributed by atoms with E-state index in [0.717, 1.165) is 11.8 Å². The number of rotatable bonds is 13. The molecule has 1 fully saturated rings. The fourth-order valence-corrected chi connectivity index (χ4v) is 3.70. The number of aliphatic hydroxyl groups is 1. The molecular weight excluding hydrogens is 456 g/mol. The Morgan fingerprint density at radius 2 is 1.82 bits per heavy atom. The molecule has 3 atom stereocenters. The summed E-state index contributed by atoms with van der Waals surface area (Å²) in [4.78, 5) is 47.4. The van der Waals surface area contributed by atoms with E-state index in [4.69, 9.17) is 14.2 Å². The van der Waals surface area contributed by atoms with Gasteiger partial charge >= 0.3 is 5.97 Å². The molecule has 0 saturated carbocycles. The number of methoxy groups -OCH3 is 2. The van der Waals surface area contributed by atoms with Gasteiger partial charge in [0.2, 0.25) is 11.8 Å². The van der Waals surface area contributed by atoms with Gasteiger partial charge in [-0.3, -0.25) is 19.2 Å². The Morgan fingerprint density at radius 3 is 2.42 bits per heavy atom. The number of thioether (sulfide) groups is 1. The molecule has 1 aliphatic heterocycles. The Labute approximate surface area is 198 Å². The number of aliphatic hydroxyl groups excluding tert-OH is 1. The topological polar surface area (TPSA) is 149 Å². The minimum Gasteiger partial charge on any atom is -0.469 e. The van der Waals surface area contributed by atoms with Crippen molar-refractivity contribution >= 4 is 34.7 Å². The van der Waals surface area contributed by atoms with E-state index in [-0.39, 0.29) is 56.4 Å². The van der Waals surface area contributed by atoms with Crippen molar-refractivity contribution in [3.05, 3.63) is 0 Å². The predicted molar refractivity (Wildman–Crippen MR) is 120 cm³/mol. The molecule has 0 aromatic heterocycles. The van der Waals surface area contributed by atoms with E-state index in [1.165, 1.54) is 14.2 Å². The van der Waals surface area contributed by atoms with Crippen LogP contribution >= 0.6 is 11.8 Å². The number of ether oxygens (including phenoxy) is 4. The molecule has 11 nitrogen and oxygen atoms in total. The van der Waals surface area contributed by atoms with Crippen LogP contribution in [0.4, 0.5) is 0 Å². The van der Waals surface area contributed by atoms with Crippen molar-refractivity contribution in [2.24, 2.45) is 5.41 Å². The number of carbonyl (C=O) groups excluding carboxylic acids is 4. The van der Waals surface area contributed by atoms with E-state index in [1.54, 1.807) is 6.92 Å². The van der Waals surface area contributed by atoms with Crippen molar-refractivity contribution in [1.29, 1.82) is 0 Å². The summed E-state index contributed by atoms with van der Waals surface area (Å²) in [5, 5.41) is 14.9. The molecule has 0 aliphatic carbocycles. The van der Waals surface area contributed by atoms with Crippen LogP contribution < -0.4 is 10.6 Å². The van der Waals surface area contributed by atoms with Crippen molar-refractivity contribution in [3.63, 3.8) is 0 Å². The quantitative estimate of drug-likeness (QED) is 0.242. The van der Waals surface area contributed by atoms with Gasteiger partial charge in [-0.1, -0.05) is 25.6 Å². The average Bonchev–Trinajstić information content (AvgIpc) is 2.75. The fourth-order valence-electron chi connectivity index (χ4n) is 3.03. The van der Waals surface area contributed by atoms with Crippen molar-refractivity contribution < 1.29 is 43.2 Å². The molecule has 0 spiro atoms. The van der Waals surface area contributed by atoms with E-state index < -0.39 is 35.5 Å². The molecule has 190 valence electrons. The van der Waals surface area contributed by atoms with E-state index in [9.17, 15) is 24.3 Å². The average molecular weight is 493 g/mol. The zero-order valence-electron chi connectivity index (χ0n) is 19.9. The fraction of sp³-hybridized carbons (Fsp3) is 0.810. The number of amides is 2. The molecule has 3 N–H and O–H groups in total. The van der Waals surface area contributed by atoms with Crippen molar-refractivity contribution in [2.75, 3.05) is 39.7 Å². The molecule has 1 aliphatic rings. The monoisotopic (exact) mass is 492 g/mol. The van der Waals surface area contributed by atoms with E-state index in [0.29, 0.717) is 5.75 Å². The van der Waals surface area contributed by atoms with Crippen molar-refractivity contribution in [2.45, 2.75) is 64.6 Å². The maximum absolute atomic E-state index is 12.7. The normalized spacial score (nSPS) is 22.8. The molecule has 1 saturated heterocycles. The standard InChI is InChI=1S/C21H36N2O9S/c1-14(24)12-21(30-5)31-13-20(2,3)18(32-21)19(28)23-9-8-15(25)22-10-11-33-17(27)7-6-16(26)29-4/h14,18,24H,6-13H2,1-5H3,(H,22,25)(H,23,28)/t14?,18-,21?/m0/s1. The lowest BCUT2D eigenvalue weighted by molar-refractivity contribution is -0.429. The molecule has 0 aromatic carbocycles. The minimum atomic E-state index is -1.52. The summed E-state index contributed by atoms with van der Waals surface area (Å²) in [6, 6.07) is 0. The SMILES string of the molecule is COC(=O)CCC(=O)SCCNC(=O)CCNC(=O)[C@@H]1OC(CC(C)O)(OC)OCC1(C)C. The highest BCUT2D eigenvalue weighted by Crippen LogP contribution is 2.38. The minimum absolute atomic E-state index is 0.0343. The zero-order valence-corrected chi connectivity index (χ0v) is 20.7. The molecule has 2 amide bonds. The Kier molecular flexibility index (Phi) is 12.3. The molecule has 12 heteroatoms. The first-order valence-corrected chi connectivity index (χ1v) is 11.7. The highest BCUT2D eigenvalue weighted by molar-refractivity contribution is 8.13. The smallest absolute Gasteiger partial charge is 0.305 e. The second-order valence-corrected chi connectivity index (χ2v) is 9.56. The molecule has 1 rings (SSSR count). The third kappa shape index (κ3) is 10.4. The van der Waals surface area contributed by atoms with Gasteiger partial charge in [0.15, 0.2) is 5.12 Å². The Balaban J connectivity index is 2.37. The summed E-state index contributed by atoms with van der Waals surface area (Å²) in [5.74, 6) is -2.26. The second kappa shape index (κ2) is 13.9. The van der Waals surface area contributed by atoms with E-state index >= 15 is 0 Å². The van der Waals surface area contributed by atoms with Gasteiger partial charge in [0.05, 0.1) is 32.7 Å². The summed E-state index contributed by atoms with van der Waals surface area (Å²) in [7, 11) is 2.64. The number of hydrogen-bond acceptors (Lipinski definition) is 10. The maximum Gasteiger partial charge on any atom is 0.305 e. The first kappa shape index (κ1) is 29.3. The first-order valence-electron chi connectivity index (χ1n) is 10.8. The molecule has 0 radical (unpaired) electrons. The summed E-state index contributed by atoms with van der Waals surface area (Å²) < 4.78 is 21.3. The Hall–Kier alpha value is -1.73. The van der Waals surface area contributed by atoms with Crippen LogP contribution in [0.5, 0.6) is 0 Å². The van der Waals surface area contributed by atoms with Crippen molar-refractivity contribution in [3.8, 4) is 0 Å². The summed E-state index contributed by atoms with van der Waals surface area (Å²) in [6.07, 6.45) is -1.45. The third-order valence-electron chi connectivity index (χ3n) is 4.87. The second-order valence-electron chi connectivity index (χ2n) is 8.40. The van der Waals surface area contributed by atoms with Crippen LogP contribution in [0.1, 0.15) is 46.5 Å². The van der Waals surface area contributed by atoms with Crippen LogP contribution in [0.2, 0.25) is 0 Å². The third-order valence-corrected chi connectivity index (χ3v) is 5.80. The predicted octanol–water partition coefficient (Wildman–Crippen LogP) is 0.335. The van der Waals surface area contributed by atoms with Crippen LogP contribution in [0.3, 0.4) is 0 Å². The van der Waals surface area contributed by atoms with Gasteiger partial charge in [-0.25, -0.2) is 0 Å². The lowest BCUT2D eigenvalue weighted by Gasteiger charge is -2.46. The van der Waals surface area contributed by atoms with E-state index in [1.807, 2.05) is 13.8 Å². The number of hydrogen-bond donors (Lipinski definition) is 3. The number of carbonyl (C=O) groups is 4. The largest absolute Gasteiger partial charge is 0.469 e. The van der Waals surface area contributed by atoms with Crippen LogP contribution in [-0.2, 0) is 38.1 Å².